The highest BCUT2D eigenvalue weighted by Crippen LogP contribution is 2.28. The summed E-state index contributed by atoms with van der Waals surface area (Å²) in [7, 11) is 0. The van der Waals surface area contributed by atoms with Crippen molar-refractivity contribution in [2.24, 2.45) is 10.9 Å². The van der Waals surface area contributed by atoms with Crippen LogP contribution in [0.25, 0.3) is 0 Å². The molecule has 1 aromatic rings. The predicted octanol–water partition coefficient (Wildman–Crippen LogP) is 2.90. The van der Waals surface area contributed by atoms with Gasteiger partial charge >= 0.3 is 0 Å². The smallest absolute Gasteiger partial charge is 0.170 e. The zero-order valence-corrected chi connectivity index (χ0v) is 12.4. The number of hydrogen-bond donors (Lipinski definition) is 3. The van der Waals surface area contributed by atoms with Gasteiger partial charge in [-0.1, -0.05) is 36.6 Å². The number of nitrogens with one attached hydrogen (secondary N) is 1. The number of amidine groups is 1. The minimum Gasteiger partial charge on any atom is -0.409 e. The van der Waals surface area contributed by atoms with Crippen molar-refractivity contribution in [3.63, 3.8) is 0 Å². The monoisotopic (exact) mass is 275 g/mol. The van der Waals surface area contributed by atoms with Crippen molar-refractivity contribution in [1.29, 1.82) is 0 Å². The molecule has 0 aromatic heterocycles. The van der Waals surface area contributed by atoms with Gasteiger partial charge in [0, 0.05) is 17.6 Å². The van der Waals surface area contributed by atoms with Crippen LogP contribution in [0.3, 0.4) is 0 Å². The largest absolute Gasteiger partial charge is 0.409 e. The van der Waals surface area contributed by atoms with E-state index in [9.17, 15) is 0 Å². The quantitative estimate of drug-likeness (QED) is 0.342. The first-order chi connectivity index (χ1) is 9.54. The molecule has 0 unspecified atom stereocenters. The summed E-state index contributed by atoms with van der Waals surface area (Å²) < 4.78 is 0. The van der Waals surface area contributed by atoms with Crippen LogP contribution < -0.4 is 11.1 Å². The molecule has 20 heavy (non-hydrogen) atoms. The van der Waals surface area contributed by atoms with Gasteiger partial charge in [-0.05, 0) is 43.9 Å². The van der Waals surface area contributed by atoms with Crippen LogP contribution in [0.2, 0.25) is 0 Å². The molecule has 4 N–H and O–H groups in total. The maximum absolute atomic E-state index is 8.71. The minimum atomic E-state index is 0.159. The Labute approximate surface area is 121 Å². The van der Waals surface area contributed by atoms with Crippen LogP contribution in [0.5, 0.6) is 0 Å². The molecule has 1 aliphatic rings. The van der Waals surface area contributed by atoms with Gasteiger partial charge in [-0.15, -0.1) is 0 Å². The molecule has 0 heterocycles. The molecule has 0 atom stereocenters. The van der Waals surface area contributed by atoms with Crippen molar-refractivity contribution in [1.82, 2.24) is 5.32 Å². The Morgan fingerprint density at radius 3 is 2.65 bits per heavy atom. The molecule has 2 rings (SSSR count). The normalized spacial score (nSPS) is 19.0. The predicted molar refractivity (Wildman–Crippen MR) is 82.0 cm³/mol. The standard InChI is InChI=1S/C16H25N3O/c1-12-10-13(15(17)19-20)6-7-14(12)11-18-16(2)8-4-3-5-9-16/h6-7,10,18,20H,3-5,8-9,11H2,1-2H3,(H2,17,19). The average Bonchev–Trinajstić information content (AvgIpc) is 2.46. The first-order valence-corrected chi connectivity index (χ1v) is 7.36. The Balaban J connectivity index is 2.03. The van der Waals surface area contributed by atoms with E-state index in [1.807, 2.05) is 12.1 Å². The van der Waals surface area contributed by atoms with Crippen LogP contribution in [-0.4, -0.2) is 16.6 Å². The molecule has 1 aliphatic carbocycles. The number of oxime groups is 1. The third-order valence-corrected chi connectivity index (χ3v) is 4.41. The van der Waals surface area contributed by atoms with Crippen molar-refractivity contribution >= 4 is 5.84 Å². The summed E-state index contributed by atoms with van der Waals surface area (Å²) >= 11 is 0. The number of hydrogen-bond acceptors (Lipinski definition) is 3. The van der Waals surface area contributed by atoms with E-state index in [2.05, 4.69) is 30.4 Å². The van der Waals surface area contributed by atoms with Crippen LogP contribution in [0.15, 0.2) is 23.4 Å². The topological polar surface area (TPSA) is 70.6 Å². The molecule has 1 fully saturated rings. The fraction of sp³-hybridized carbons (Fsp3) is 0.562. The Bertz CT molecular complexity index is 490. The van der Waals surface area contributed by atoms with Gasteiger partial charge in [0.2, 0.25) is 0 Å². The van der Waals surface area contributed by atoms with Gasteiger partial charge in [-0.3, -0.25) is 0 Å². The Kier molecular flexibility index (Phi) is 4.65. The summed E-state index contributed by atoms with van der Waals surface area (Å²) in [6.07, 6.45) is 6.53. The average molecular weight is 275 g/mol. The van der Waals surface area contributed by atoms with E-state index in [4.69, 9.17) is 10.9 Å². The first kappa shape index (κ1) is 14.9. The first-order valence-electron chi connectivity index (χ1n) is 7.36. The van der Waals surface area contributed by atoms with E-state index in [-0.39, 0.29) is 11.4 Å². The lowest BCUT2D eigenvalue weighted by atomic mass is 9.83. The number of nitrogens with zero attached hydrogens (tertiary/aromatic N) is 1. The highest BCUT2D eigenvalue weighted by molar-refractivity contribution is 5.97. The third-order valence-electron chi connectivity index (χ3n) is 4.41. The molecule has 0 saturated heterocycles. The van der Waals surface area contributed by atoms with E-state index in [1.165, 1.54) is 43.2 Å². The molecule has 0 spiro atoms. The van der Waals surface area contributed by atoms with Gasteiger partial charge in [0.05, 0.1) is 0 Å². The highest BCUT2D eigenvalue weighted by Gasteiger charge is 2.25. The maximum atomic E-state index is 8.71. The second-order valence-electron chi connectivity index (χ2n) is 6.10. The van der Waals surface area contributed by atoms with Crippen LogP contribution in [0, 0.1) is 6.92 Å². The maximum Gasteiger partial charge on any atom is 0.170 e. The molecule has 110 valence electrons. The van der Waals surface area contributed by atoms with Crippen molar-refractivity contribution in [2.45, 2.75) is 58.0 Å². The number of aryl methyl sites for hydroxylation is 1. The number of benzene rings is 1. The molecule has 0 radical (unpaired) electrons. The third kappa shape index (κ3) is 3.51. The number of nitrogens with two attached hydrogens (primary N) is 1. The van der Waals surface area contributed by atoms with Crippen LogP contribution in [-0.2, 0) is 6.54 Å². The lowest BCUT2D eigenvalue weighted by Gasteiger charge is -2.35. The molecule has 0 amide bonds. The second-order valence-corrected chi connectivity index (χ2v) is 6.10. The molecule has 0 aliphatic heterocycles. The Hall–Kier alpha value is -1.55. The van der Waals surface area contributed by atoms with E-state index in [1.54, 1.807) is 0 Å². The summed E-state index contributed by atoms with van der Waals surface area (Å²) in [4.78, 5) is 0. The lowest BCUT2D eigenvalue weighted by Crippen LogP contribution is -2.43. The Morgan fingerprint density at radius 1 is 1.35 bits per heavy atom. The van der Waals surface area contributed by atoms with E-state index >= 15 is 0 Å². The Morgan fingerprint density at radius 2 is 2.05 bits per heavy atom. The van der Waals surface area contributed by atoms with Gasteiger partial charge in [0.15, 0.2) is 5.84 Å². The van der Waals surface area contributed by atoms with Crippen molar-refractivity contribution < 1.29 is 5.21 Å². The van der Waals surface area contributed by atoms with E-state index in [0.717, 1.165) is 12.1 Å². The van der Waals surface area contributed by atoms with Crippen LogP contribution in [0.1, 0.15) is 55.7 Å². The molecule has 1 aromatic carbocycles. The van der Waals surface area contributed by atoms with Gasteiger partial charge in [0.25, 0.3) is 0 Å². The second kappa shape index (κ2) is 6.27. The van der Waals surface area contributed by atoms with Crippen molar-refractivity contribution in [3.8, 4) is 0 Å². The highest BCUT2D eigenvalue weighted by atomic mass is 16.4. The molecular weight excluding hydrogens is 250 g/mol. The fourth-order valence-electron chi connectivity index (χ4n) is 2.93. The molecule has 4 nitrogen and oxygen atoms in total. The lowest BCUT2D eigenvalue weighted by molar-refractivity contribution is 0.252. The van der Waals surface area contributed by atoms with Gasteiger partial charge in [0.1, 0.15) is 0 Å². The van der Waals surface area contributed by atoms with Gasteiger partial charge in [-0.2, -0.15) is 0 Å². The molecular formula is C16H25N3O. The zero-order chi connectivity index (χ0) is 14.6. The van der Waals surface area contributed by atoms with Crippen LogP contribution in [0.4, 0.5) is 0 Å². The SMILES string of the molecule is Cc1cc(/C(N)=N/O)ccc1CNC1(C)CCCCC1. The molecule has 4 heteroatoms. The summed E-state index contributed by atoms with van der Waals surface area (Å²) in [5.74, 6) is 0.159. The molecule has 0 bridgehead atoms. The van der Waals surface area contributed by atoms with Crippen molar-refractivity contribution in [2.75, 3.05) is 0 Å². The van der Waals surface area contributed by atoms with Crippen LogP contribution >= 0.6 is 0 Å². The zero-order valence-electron chi connectivity index (χ0n) is 12.4. The minimum absolute atomic E-state index is 0.159. The van der Waals surface area contributed by atoms with Gasteiger partial charge in [-0.25, -0.2) is 0 Å². The van der Waals surface area contributed by atoms with Gasteiger partial charge < -0.3 is 16.3 Å². The fourth-order valence-corrected chi connectivity index (χ4v) is 2.93. The summed E-state index contributed by atoms with van der Waals surface area (Å²) in [6.45, 7) is 5.26. The summed E-state index contributed by atoms with van der Waals surface area (Å²) in [6, 6.07) is 5.93. The van der Waals surface area contributed by atoms with Crippen molar-refractivity contribution in [3.05, 3.63) is 34.9 Å². The summed E-state index contributed by atoms with van der Waals surface area (Å²) in [5, 5.41) is 15.5. The summed E-state index contributed by atoms with van der Waals surface area (Å²) in [5.41, 5.74) is 9.08. The number of rotatable bonds is 4. The molecule has 1 saturated carbocycles. The van der Waals surface area contributed by atoms with E-state index < -0.39 is 0 Å². The van der Waals surface area contributed by atoms with E-state index in [0.29, 0.717) is 0 Å².